The van der Waals surface area contributed by atoms with Crippen molar-refractivity contribution in [1.82, 2.24) is 4.90 Å². The van der Waals surface area contributed by atoms with Crippen molar-refractivity contribution in [3.05, 3.63) is 36.6 Å². The van der Waals surface area contributed by atoms with Gasteiger partial charge in [0.1, 0.15) is 18.0 Å². The summed E-state index contributed by atoms with van der Waals surface area (Å²) in [6.07, 6.45) is 0. The van der Waals surface area contributed by atoms with E-state index in [9.17, 15) is 0 Å². The van der Waals surface area contributed by atoms with Crippen LogP contribution in [0.15, 0.2) is 36.6 Å². The van der Waals surface area contributed by atoms with Gasteiger partial charge in [-0.3, -0.25) is 4.90 Å². The van der Waals surface area contributed by atoms with Gasteiger partial charge >= 0.3 is 7.12 Å². The minimum atomic E-state index is -0.446. The summed E-state index contributed by atoms with van der Waals surface area (Å²) in [6, 6.07) is 7.86. The van der Waals surface area contributed by atoms with Crippen LogP contribution in [0.4, 0.5) is 0 Å². The first-order valence-corrected chi connectivity index (χ1v) is 8.11. The van der Waals surface area contributed by atoms with E-state index in [1.165, 1.54) is 0 Å². The zero-order valence-electron chi connectivity index (χ0n) is 13.9. The topological polar surface area (TPSA) is 40.2 Å². The van der Waals surface area contributed by atoms with Crippen LogP contribution >= 0.6 is 0 Å². The Balaban J connectivity index is 1.48. The molecule has 0 unspecified atom stereocenters. The molecule has 2 aliphatic rings. The first kappa shape index (κ1) is 16.4. The first-order chi connectivity index (χ1) is 11.0. The number of ether oxygens (including phenoxy) is 2. The molecular weight excluding hydrogens is 293 g/mol. The standard InChI is InChI=1S/C17H24BNO4/c1-14-17(2,3)23-18(22-14)15-4-6-16(7-5-15)21-13-10-19-8-11-20-12-9-19/h4-7H,1,8-13H2,2-3H3. The van der Waals surface area contributed by atoms with E-state index in [0.29, 0.717) is 12.4 Å². The van der Waals surface area contributed by atoms with Crippen LogP contribution in [0.25, 0.3) is 0 Å². The summed E-state index contributed by atoms with van der Waals surface area (Å²) in [4.78, 5) is 2.35. The van der Waals surface area contributed by atoms with Gasteiger partial charge in [0.15, 0.2) is 0 Å². The molecule has 0 aliphatic carbocycles. The highest BCUT2D eigenvalue weighted by atomic mass is 16.7. The Kier molecular flexibility index (Phi) is 4.94. The lowest BCUT2D eigenvalue weighted by Gasteiger charge is -2.26. The SMILES string of the molecule is C=C1OB(c2ccc(OCCN3CCOCC3)cc2)OC1(C)C. The van der Waals surface area contributed by atoms with Gasteiger partial charge in [0.25, 0.3) is 0 Å². The van der Waals surface area contributed by atoms with Crippen molar-refractivity contribution >= 4 is 12.6 Å². The Bertz CT molecular complexity index is 540. The normalized spacial score (nSPS) is 21.3. The van der Waals surface area contributed by atoms with Crippen molar-refractivity contribution in [2.45, 2.75) is 19.4 Å². The van der Waals surface area contributed by atoms with E-state index in [1.54, 1.807) is 0 Å². The smallest absolute Gasteiger partial charge is 0.534 e. The second-order valence-electron chi connectivity index (χ2n) is 6.37. The van der Waals surface area contributed by atoms with Gasteiger partial charge in [-0.25, -0.2) is 0 Å². The van der Waals surface area contributed by atoms with Crippen LogP contribution in [0.3, 0.4) is 0 Å². The summed E-state index contributed by atoms with van der Waals surface area (Å²) in [5.74, 6) is 1.52. The summed E-state index contributed by atoms with van der Waals surface area (Å²) in [6.45, 7) is 13.0. The minimum Gasteiger partial charge on any atom is -0.534 e. The molecule has 0 saturated carbocycles. The van der Waals surface area contributed by atoms with Crippen LogP contribution in [0, 0.1) is 0 Å². The van der Waals surface area contributed by atoms with E-state index in [0.717, 1.165) is 44.1 Å². The second kappa shape index (κ2) is 6.95. The minimum absolute atomic E-state index is 0.389. The molecule has 0 spiro atoms. The summed E-state index contributed by atoms with van der Waals surface area (Å²) >= 11 is 0. The highest BCUT2D eigenvalue weighted by Crippen LogP contribution is 2.29. The van der Waals surface area contributed by atoms with Gasteiger partial charge in [0, 0.05) is 19.6 Å². The van der Waals surface area contributed by atoms with Crippen molar-refractivity contribution in [1.29, 1.82) is 0 Å². The molecule has 2 heterocycles. The molecule has 6 heteroatoms. The lowest BCUT2D eigenvalue weighted by molar-refractivity contribution is 0.0322. The van der Waals surface area contributed by atoms with Crippen molar-refractivity contribution in [3.63, 3.8) is 0 Å². The molecule has 0 atom stereocenters. The van der Waals surface area contributed by atoms with Gasteiger partial charge in [-0.05, 0) is 31.4 Å². The lowest BCUT2D eigenvalue weighted by atomic mass is 9.79. The van der Waals surface area contributed by atoms with Gasteiger partial charge in [-0.15, -0.1) is 0 Å². The molecule has 2 fully saturated rings. The molecule has 0 amide bonds. The molecule has 0 aromatic heterocycles. The maximum Gasteiger partial charge on any atom is 0.563 e. The number of benzene rings is 1. The molecular formula is C17H24BNO4. The lowest BCUT2D eigenvalue weighted by Crippen LogP contribution is -2.38. The molecule has 0 bridgehead atoms. The van der Waals surface area contributed by atoms with Gasteiger partial charge in [0.05, 0.1) is 19.0 Å². The molecule has 0 N–H and O–H groups in total. The molecule has 23 heavy (non-hydrogen) atoms. The Hall–Kier alpha value is -1.50. The van der Waals surface area contributed by atoms with Gasteiger partial charge < -0.3 is 18.8 Å². The summed E-state index contributed by atoms with van der Waals surface area (Å²) in [7, 11) is -0.389. The molecule has 3 rings (SSSR count). The highest BCUT2D eigenvalue weighted by molar-refractivity contribution is 6.62. The first-order valence-electron chi connectivity index (χ1n) is 8.11. The number of hydrogen-bond acceptors (Lipinski definition) is 5. The molecule has 124 valence electrons. The number of hydrogen-bond donors (Lipinski definition) is 0. The maximum absolute atomic E-state index is 5.87. The number of nitrogens with zero attached hydrogens (tertiary/aromatic N) is 1. The van der Waals surface area contributed by atoms with Gasteiger partial charge in [-0.2, -0.15) is 0 Å². The predicted molar refractivity (Wildman–Crippen MR) is 90.0 cm³/mol. The highest BCUT2D eigenvalue weighted by Gasteiger charge is 2.42. The average molecular weight is 317 g/mol. The average Bonchev–Trinajstić information content (AvgIpc) is 2.82. The van der Waals surface area contributed by atoms with Crippen LogP contribution < -0.4 is 10.2 Å². The fourth-order valence-electron chi connectivity index (χ4n) is 2.60. The molecule has 2 aliphatic heterocycles. The second-order valence-corrected chi connectivity index (χ2v) is 6.37. The van der Waals surface area contributed by atoms with E-state index in [-0.39, 0.29) is 7.12 Å². The van der Waals surface area contributed by atoms with E-state index in [1.807, 2.05) is 38.1 Å². The van der Waals surface area contributed by atoms with Crippen LogP contribution in [0.2, 0.25) is 0 Å². The summed E-state index contributed by atoms with van der Waals surface area (Å²) in [5.41, 5.74) is 0.523. The van der Waals surface area contributed by atoms with E-state index >= 15 is 0 Å². The summed E-state index contributed by atoms with van der Waals surface area (Å²) in [5, 5.41) is 0. The summed E-state index contributed by atoms with van der Waals surface area (Å²) < 4.78 is 22.7. The van der Waals surface area contributed by atoms with Crippen molar-refractivity contribution in [2.24, 2.45) is 0 Å². The van der Waals surface area contributed by atoms with E-state index < -0.39 is 5.60 Å². The van der Waals surface area contributed by atoms with Crippen molar-refractivity contribution in [2.75, 3.05) is 39.5 Å². The van der Waals surface area contributed by atoms with E-state index in [2.05, 4.69) is 11.5 Å². The van der Waals surface area contributed by atoms with Crippen LogP contribution in [0.1, 0.15) is 13.8 Å². The zero-order valence-corrected chi connectivity index (χ0v) is 13.9. The Morgan fingerprint density at radius 2 is 1.91 bits per heavy atom. The van der Waals surface area contributed by atoms with E-state index in [4.69, 9.17) is 18.8 Å². The Morgan fingerprint density at radius 1 is 1.22 bits per heavy atom. The number of rotatable bonds is 5. The Labute approximate surface area is 138 Å². The number of morpholine rings is 1. The largest absolute Gasteiger partial charge is 0.563 e. The molecule has 5 nitrogen and oxygen atoms in total. The third-order valence-corrected chi connectivity index (χ3v) is 4.25. The third-order valence-electron chi connectivity index (χ3n) is 4.25. The van der Waals surface area contributed by atoms with Gasteiger partial charge in [0.2, 0.25) is 0 Å². The zero-order chi connectivity index (χ0) is 16.3. The van der Waals surface area contributed by atoms with Crippen LogP contribution in [0.5, 0.6) is 5.75 Å². The maximum atomic E-state index is 5.87. The monoisotopic (exact) mass is 317 g/mol. The fraction of sp³-hybridized carbons (Fsp3) is 0.529. The van der Waals surface area contributed by atoms with Crippen molar-refractivity contribution in [3.8, 4) is 5.75 Å². The molecule has 1 aromatic rings. The van der Waals surface area contributed by atoms with Crippen LogP contribution in [-0.2, 0) is 14.0 Å². The van der Waals surface area contributed by atoms with Crippen molar-refractivity contribution < 1.29 is 18.8 Å². The molecule has 0 radical (unpaired) electrons. The molecule has 2 saturated heterocycles. The third kappa shape index (κ3) is 4.08. The predicted octanol–water partition coefficient (Wildman–Crippen LogP) is 1.43. The van der Waals surface area contributed by atoms with Gasteiger partial charge in [-0.1, -0.05) is 18.7 Å². The van der Waals surface area contributed by atoms with Crippen LogP contribution in [-0.4, -0.2) is 57.1 Å². The Morgan fingerprint density at radius 3 is 2.52 bits per heavy atom. The molecule has 1 aromatic carbocycles. The quantitative estimate of drug-likeness (QED) is 0.769. The fourth-order valence-corrected chi connectivity index (χ4v) is 2.60.